The molecular formula is C10H16N6. The van der Waals surface area contributed by atoms with Crippen LogP contribution in [0.3, 0.4) is 0 Å². The van der Waals surface area contributed by atoms with E-state index < -0.39 is 0 Å². The Bertz CT molecular complexity index is 455. The highest BCUT2D eigenvalue weighted by Crippen LogP contribution is 2.19. The molecule has 0 aliphatic rings. The molecule has 0 saturated heterocycles. The predicted octanol–water partition coefficient (Wildman–Crippen LogP) is 0.681. The van der Waals surface area contributed by atoms with Crippen LogP contribution in [0.4, 0.5) is 0 Å². The van der Waals surface area contributed by atoms with Gasteiger partial charge in [0.05, 0.1) is 31.0 Å². The maximum absolute atomic E-state index is 5.46. The van der Waals surface area contributed by atoms with Gasteiger partial charge in [-0.2, -0.15) is 0 Å². The van der Waals surface area contributed by atoms with Crippen LogP contribution in [-0.4, -0.2) is 31.1 Å². The number of rotatable bonds is 4. The Hall–Kier alpha value is -1.69. The second-order valence-corrected chi connectivity index (χ2v) is 3.94. The summed E-state index contributed by atoms with van der Waals surface area (Å²) in [4.78, 5) is 4.14. The van der Waals surface area contributed by atoms with E-state index in [0.29, 0.717) is 19.1 Å². The molecule has 6 heteroatoms. The van der Waals surface area contributed by atoms with Crippen molar-refractivity contribution in [3.63, 3.8) is 0 Å². The summed E-state index contributed by atoms with van der Waals surface area (Å²) in [6.45, 7) is 5.46. The Balaban J connectivity index is 2.31. The number of hydrogen-bond donors (Lipinski definition) is 1. The molecule has 2 aromatic rings. The molecule has 16 heavy (non-hydrogen) atoms. The van der Waals surface area contributed by atoms with Gasteiger partial charge in [0, 0.05) is 12.6 Å². The van der Waals surface area contributed by atoms with E-state index in [0.717, 1.165) is 11.4 Å². The van der Waals surface area contributed by atoms with Gasteiger partial charge in [0.25, 0.3) is 0 Å². The Morgan fingerprint density at radius 3 is 2.94 bits per heavy atom. The normalized spacial score (nSPS) is 11.2. The van der Waals surface area contributed by atoms with E-state index in [-0.39, 0.29) is 0 Å². The smallest absolute Gasteiger partial charge is 0.131 e. The fraction of sp³-hybridized carbons (Fsp3) is 0.500. The first-order chi connectivity index (χ1) is 7.72. The minimum Gasteiger partial charge on any atom is -0.329 e. The molecule has 0 spiro atoms. The van der Waals surface area contributed by atoms with E-state index in [4.69, 9.17) is 5.73 Å². The Morgan fingerprint density at radius 1 is 1.44 bits per heavy atom. The fourth-order valence-electron chi connectivity index (χ4n) is 1.57. The minimum absolute atomic E-state index is 0.358. The molecule has 2 heterocycles. The van der Waals surface area contributed by atoms with Gasteiger partial charge in [0.1, 0.15) is 5.69 Å². The van der Waals surface area contributed by atoms with E-state index in [1.165, 1.54) is 0 Å². The van der Waals surface area contributed by atoms with Gasteiger partial charge in [-0.05, 0) is 13.8 Å². The number of imidazole rings is 1. The van der Waals surface area contributed by atoms with E-state index in [2.05, 4.69) is 33.7 Å². The number of nitrogens with zero attached hydrogens (tertiary/aromatic N) is 5. The van der Waals surface area contributed by atoms with Crippen molar-refractivity contribution in [3.8, 4) is 11.4 Å². The number of aromatic nitrogens is 5. The summed E-state index contributed by atoms with van der Waals surface area (Å²) < 4.78 is 3.81. The van der Waals surface area contributed by atoms with Crippen molar-refractivity contribution in [2.45, 2.75) is 26.4 Å². The second kappa shape index (κ2) is 4.44. The first kappa shape index (κ1) is 10.8. The van der Waals surface area contributed by atoms with Crippen LogP contribution in [0.25, 0.3) is 11.4 Å². The van der Waals surface area contributed by atoms with Crippen LogP contribution in [0.15, 0.2) is 18.7 Å². The van der Waals surface area contributed by atoms with Gasteiger partial charge in [-0.1, -0.05) is 5.21 Å². The summed E-state index contributed by atoms with van der Waals surface area (Å²) in [5.41, 5.74) is 7.28. The monoisotopic (exact) mass is 220 g/mol. The fourth-order valence-corrected chi connectivity index (χ4v) is 1.57. The minimum atomic E-state index is 0.358. The highest BCUT2D eigenvalue weighted by atomic mass is 15.4. The molecule has 0 amide bonds. The third-order valence-corrected chi connectivity index (χ3v) is 2.38. The first-order valence-electron chi connectivity index (χ1n) is 5.34. The molecule has 2 rings (SSSR count). The van der Waals surface area contributed by atoms with Crippen molar-refractivity contribution >= 4 is 0 Å². The maximum Gasteiger partial charge on any atom is 0.131 e. The second-order valence-electron chi connectivity index (χ2n) is 3.94. The molecule has 86 valence electrons. The quantitative estimate of drug-likeness (QED) is 0.822. The Kier molecular flexibility index (Phi) is 3.00. The van der Waals surface area contributed by atoms with Gasteiger partial charge in [0.2, 0.25) is 0 Å². The lowest BCUT2D eigenvalue weighted by Gasteiger charge is -2.09. The van der Waals surface area contributed by atoms with Crippen LogP contribution in [-0.2, 0) is 6.54 Å². The largest absolute Gasteiger partial charge is 0.329 e. The van der Waals surface area contributed by atoms with Crippen molar-refractivity contribution in [2.75, 3.05) is 6.54 Å². The molecule has 0 fully saturated rings. The lowest BCUT2D eigenvalue weighted by Crippen LogP contribution is -2.10. The standard InChI is InChI=1S/C10H16N6/c1-8(2)16-7-12-5-10(16)9-6-15(4-3-11)14-13-9/h5-8H,3-4,11H2,1-2H3. The van der Waals surface area contributed by atoms with Crippen LogP contribution >= 0.6 is 0 Å². The lowest BCUT2D eigenvalue weighted by atomic mass is 10.3. The van der Waals surface area contributed by atoms with Gasteiger partial charge >= 0.3 is 0 Å². The summed E-state index contributed by atoms with van der Waals surface area (Å²) in [6, 6.07) is 0.358. The molecule has 6 nitrogen and oxygen atoms in total. The molecule has 0 saturated carbocycles. The zero-order chi connectivity index (χ0) is 11.5. The van der Waals surface area contributed by atoms with Gasteiger partial charge in [-0.3, -0.25) is 4.68 Å². The number of hydrogen-bond acceptors (Lipinski definition) is 4. The van der Waals surface area contributed by atoms with Gasteiger partial charge in [-0.15, -0.1) is 5.10 Å². The molecule has 0 atom stereocenters. The van der Waals surface area contributed by atoms with Crippen molar-refractivity contribution in [1.29, 1.82) is 0 Å². The molecular weight excluding hydrogens is 204 g/mol. The zero-order valence-corrected chi connectivity index (χ0v) is 9.54. The van der Waals surface area contributed by atoms with Crippen LogP contribution < -0.4 is 5.73 Å². The predicted molar refractivity (Wildman–Crippen MR) is 60.7 cm³/mol. The zero-order valence-electron chi connectivity index (χ0n) is 9.54. The summed E-state index contributed by atoms with van der Waals surface area (Å²) in [5.74, 6) is 0. The van der Waals surface area contributed by atoms with Gasteiger partial charge in [-0.25, -0.2) is 4.98 Å². The summed E-state index contributed by atoms with van der Waals surface area (Å²) in [5, 5.41) is 8.12. The number of nitrogens with two attached hydrogens (primary N) is 1. The van der Waals surface area contributed by atoms with Gasteiger partial charge in [0.15, 0.2) is 0 Å². The summed E-state index contributed by atoms with van der Waals surface area (Å²) in [6.07, 6.45) is 5.50. The van der Waals surface area contributed by atoms with Crippen LogP contribution in [0.1, 0.15) is 19.9 Å². The van der Waals surface area contributed by atoms with Gasteiger partial charge < -0.3 is 10.3 Å². The maximum atomic E-state index is 5.46. The van der Waals surface area contributed by atoms with Crippen LogP contribution in [0.5, 0.6) is 0 Å². The Labute approximate surface area is 94.1 Å². The van der Waals surface area contributed by atoms with E-state index >= 15 is 0 Å². The highest BCUT2D eigenvalue weighted by molar-refractivity contribution is 5.51. The topological polar surface area (TPSA) is 74.5 Å². The third-order valence-electron chi connectivity index (χ3n) is 2.38. The van der Waals surface area contributed by atoms with Crippen LogP contribution in [0, 0.1) is 0 Å². The van der Waals surface area contributed by atoms with Crippen molar-refractivity contribution in [3.05, 3.63) is 18.7 Å². The highest BCUT2D eigenvalue weighted by Gasteiger charge is 2.10. The van der Waals surface area contributed by atoms with E-state index in [1.54, 1.807) is 10.9 Å². The van der Waals surface area contributed by atoms with Crippen molar-refractivity contribution in [1.82, 2.24) is 24.5 Å². The summed E-state index contributed by atoms with van der Waals surface area (Å²) >= 11 is 0. The average molecular weight is 220 g/mol. The molecule has 0 bridgehead atoms. The van der Waals surface area contributed by atoms with Crippen molar-refractivity contribution < 1.29 is 0 Å². The molecule has 0 aliphatic heterocycles. The van der Waals surface area contributed by atoms with Crippen molar-refractivity contribution in [2.24, 2.45) is 5.73 Å². The molecule has 0 radical (unpaired) electrons. The molecule has 0 aliphatic carbocycles. The molecule has 0 aromatic carbocycles. The lowest BCUT2D eigenvalue weighted by molar-refractivity contribution is 0.598. The SMILES string of the molecule is CC(C)n1cncc1-c1cn(CCN)nn1. The van der Waals surface area contributed by atoms with E-state index in [9.17, 15) is 0 Å². The van der Waals surface area contributed by atoms with E-state index in [1.807, 2.05) is 12.5 Å². The third kappa shape index (κ3) is 1.96. The van der Waals surface area contributed by atoms with Crippen LogP contribution in [0.2, 0.25) is 0 Å². The average Bonchev–Trinajstić information content (AvgIpc) is 2.83. The Morgan fingerprint density at radius 2 is 2.25 bits per heavy atom. The first-order valence-corrected chi connectivity index (χ1v) is 5.34. The molecule has 0 unspecified atom stereocenters. The molecule has 2 N–H and O–H groups in total. The molecule has 2 aromatic heterocycles. The summed E-state index contributed by atoms with van der Waals surface area (Å²) in [7, 11) is 0.